The van der Waals surface area contributed by atoms with E-state index in [1.807, 2.05) is 0 Å². The topological polar surface area (TPSA) is 3.24 Å². The molecule has 20 heavy (non-hydrogen) atoms. The number of hydrogen-bond donors (Lipinski definition) is 0. The fourth-order valence-corrected chi connectivity index (χ4v) is 3.43. The molecule has 1 aliphatic rings. The second-order valence-electron chi connectivity index (χ2n) is 5.33. The molecule has 5 heteroatoms. The Morgan fingerprint density at radius 1 is 1.20 bits per heavy atom. The van der Waals surface area contributed by atoms with E-state index in [-0.39, 0.29) is 0 Å². The van der Waals surface area contributed by atoms with Crippen molar-refractivity contribution in [1.29, 1.82) is 0 Å². The molecule has 1 heterocycles. The van der Waals surface area contributed by atoms with E-state index in [1.165, 1.54) is 25.0 Å². The van der Waals surface area contributed by atoms with Gasteiger partial charge < -0.3 is 0 Å². The van der Waals surface area contributed by atoms with Crippen LogP contribution < -0.4 is 0 Å². The van der Waals surface area contributed by atoms with E-state index in [9.17, 15) is 13.2 Å². The van der Waals surface area contributed by atoms with Gasteiger partial charge in [-0.15, -0.1) is 0 Å². The van der Waals surface area contributed by atoms with Crippen molar-refractivity contribution in [3.63, 3.8) is 0 Å². The number of alkyl halides is 4. The molecule has 1 nitrogen and oxygen atoms in total. The minimum absolute atomic E-state index is 0.423. The highest BCUT2D eigenvalue weighted by molar-refractivity contribution is 9.09. The first kappa shape index (κ1) is 15.8. The highest BCUT2D eigenvalue weighted by atomic mass is 79.9. The summed E-state index contributed by atoms with van der Waals surface area (Å²) in [5, 5.41) is 0.881. The molecule has 0 amide bonds. The van der Waals surface area contributed by atoms with E-state index >= 15 is 0 Å². The van der Waals surface area contributed by atoms with Gasteiger partial charge in [0, 0.05) is 17.9 Å². The molecule has 0 spiro atoms. The van der Waals surface area contributed by atoms with Gasteiger partial charge in [0.25, 0.3) is 0 Å². The molecule has 0 aromatic heterocycles. The van der Waals surface area contributed by atoms with Crippen molar-refractivity contribution in [2.45, 2.75) is 44.4 Å². The van der Waals surface area contributed by atoms with Crippen LogP contribution in [0.4, 0.5) is 13.2 Å². The van der Waals surface area contributed by atoms with Gasteiger partial charge in [-0.05, 0) is 31.0 Å². The highest BCUT2D eigenvalue weighted by Crippen LogP contribution is 2.30. The highest BCUT2D eigenvalue weighted by Gasteiger charge is 2.30. The molecule has 0 saturated carbocycles. The van der Waals surface area contributed by atoms with Crippen LogP contribution in [0, 0.1) is 0 Å². The molecule has 112 valence electrons. The predicted octanol–water partition coefficient (Wildman–Crippen LogP) is 4.84. The van der Waals surface area contributed by atoms with Gasteiger partial charge in [0.15, 0.2) is 0 Å². The van der Waals surface area contributed by atoms with Crippen LogP contribution in [0.5, 0.6) is 0 Å². The third kappa shape index (κ3) is 4.22. The molecule has 1 aromatic carbocycles. The molecule has 0 bridgehead atoms. The first-order chi connectivity index (χ1) is 9.50. The molecule has 1 atom stereocenters. The van der Waals surface area contributed by atoms with Crippen molar-refractivity contribution in [2.75, 3.05) is 11.9 Å². The molecule has 0 aliphatic carbocycles. The summed E-state index contributed by atoms with van der Waals surface area (Å²) in [5.41, 5.74) is 0.188. The summed E-state index contributed by atoms with van der Waals surface area (Å²) >= 11 is 3.52. The zero-order valence-electron chi connectivity index (χ0n) is 11.3. The van der Waals surface area contributed by atoms with Crippen LogP contribution in [-0.2, 0) is 12.7 Å². The van der Waals surface area contributed by atoms with Crippen molar-refractivity contribution in [3.05, 3.63) is 35.4 Å². The van der Waals surface area contributed by atoms with Crippen LogP contribution in [-0.4, -0.2) is 22.8 Å². The Kier molecular flexibility index (Phi) is 5.49. The maximum absolute atomic E-state index is 12.7. The number of hydrogen-bond acceptors (Lipinski definition) is 1. The SMILES string of the molecule is FC(F)(F)c1cccc(CN2CCCCCC2CBr)c1. The first-order valence-electron chi connectivity index (χ1n) is 6.97. The molecule has 1 unspecified atom stereocenters. The van der Waals surface area contributed by atoms with E-state index in [0.717, 1.165) is 36.3 Å². The van der Waals surface area contributed by atoms with E-state index < -0.39 is 11.7 Å². The quantitative estimate of drug-likeness (QED) is 0.705. The average molecular weight is 350 g/mol. The lowest BCUT2D eigenvalue weighted by molar-refractivity contribution is -0.137. The minimum Gasteiger partial charge on any atom is -0.295 e. The van der Waals surface area contributed by atoms with Gasteiger partial charge in [0.05, 0.1) is 5.56 Å². The smallest absolute Gasteiger partial charge is 0.295 e. The van der Waals surface area contributed by atoms with Crippen molar-refractivity contribution in [2.24, 2.45) is 0 Å². The van der Waals surface area contributed by atoms with Crippen LogP contribution in [0.1, 0.15) is 36.8 Å². The molecule has 2 rings (SSSR count). The second kappa shape index (κ2) is 6.94. The van der Waals surface area contributed by atoms with Crippen LogP contribution >= 0.6 is 15.9 Å². The normalized spacial score (nSPS) is 21.7. The Morgan fingerprint density at radius 2 is 2.00 bits per heavy atom. The summed E-state index contributed by atoms with van der Waals surface area (Å²) in [7, 11) is 0. The Labute approximate surface area is 126 Å². The Balaban J connectivity index is 2.11. The summed E-state index contributed by atoms with van der Waals surface area (Å²) in [6.07, 6.45) is 0.397. The molecule has 1 aromatic rings. The molecular weight excluding hydrogens is 331 g/mol. The van der Waals surface area contributed by atoms with Gasteiger partial charge in [-0.2, -0.15) is 13.2 Å². The molecule has 1 saturated heterocycles. The van der Waals surface area contributed by atoms with Crippen molar-refractivity contribution in [1.82, 2.24) is 4.90 Å². The third-order valence-corrected chi connectivity index (χ3v) is 4.56. The van der Waals surface area contributed by atoms with Gasteiger partial charge in [-0.1, -0.05) is 47.0 Å². The molecule has 0 N–H and O–H groups in total. The van der Waals surface area contributed by atoms with Gasteiger partial charge in [0.2, 0.25) is 0 Å². The van der Waals surface area contributed by atoms with E-state index in [2.05, 4.69) is 20.8 Å². The standard InChI is InChI=1S/C15H19BrF3N/c16-10-14-7-2-1-3-8-20(14)11-12-5-4-6-13(9-12)15(17,18)19/h4-6,9,14H,1-3,7-8,10-11H2. The van der Waals surface area contributed by atoms with Gasteiger partial charge in [-0.25, -0.2) is 0 Å². The van der Waals surface area contributed by atoms with Crippen molar-refractivity contribution < 1.29 is 13.2 Å². The lowest BCUT2D eigenvalue weighted by atomic mass is 10.1. The maximum Gasteiger partial charge on any atom is 0.416 e. The zero-order chi connectivity index (χ0) is 14.6. The number of halogens is 4. The summed E-state index contributed by atoms with van der Waals surface area (Å²) in [6, 6.07) is 6.11. The summed E-state index contributed by atoms with van der Waals surface area (Å²) in [4.78, 5) is 2.30. The van der Waals surface area contributed by atoms with Crippen LogP contribution in [0.2, 0.25) is 0 Å². The second-order valence-corrected chi connectivity index (χ2v) is 5.97. The molecular formula is C15H19BrF3N. The fourth-order valence-electron chi connectivity index (χ4n) is 2.70. The predicted molar refractivity (Wildman–Crippen MR) is 77.9 cm³/mol. The summed E-state index contributed by atoms with van der Waals surface area (Å²) < 4.78 is 38.2. The van der Waals surface area contributed by atoms with Gasteiger partial charge in [-0.3, -0.25) is 4.90 Å². The third-order valence-electron chi connectivity index (χ3n) is 3.82. The number of benzene rings is 1. The van der Waals surface area contributed by atoms with Crippen molar-refractivity contribution in [3.8, 4) is 0 Å². The Morgan fingerprint density at radius 3 is 2.70 bits per heavy atom. The number of nitrogens with zero attached hydrogens (tertiary/aromatic N) is 1. The van der Waals surface area contributed by atoms with Gasteiger partial charge >= 0.3 is 6.18 Å². The van der Waals surface area contributed by atoms with Crippen LogP contribution in [0.15, 0.2) is 24.3 Å². The first-order valence-corrected chi connectivity index (χ1v) is 8.09. The fraction of sp³-hybridized carbons (Fsp3) is 0.600. The number of rotatable bonds is 3. The monoisotopic (exact) mass is 349 g/mol. The van der Waals surface area contributed by atoms with Crippen LogP contribution in [0.3, 0.4) is 0 Å². The molecule has 0 radical (unpaired) electrons. The van der Waals surface area contributed by atoms with Gasteiger partial charge in [0.1, 0.15) is 0 Å². The van der Waals surface area contributed by atoms with Crippen molar-refractivity contribution >= 4 is 15.9 Å². The molecule has 1 fully saturated rings. The minimum atomic E-state index is -4.26. The Bertz CT molecular complexity index is 433. The Hall–Kier alpha value is -0.550. The van der Waals surface area contributed by atoms with E-state index in [4.69, 9.17) is 0 Å². The zero-order valence-corrected chi connectivity index (χ0v) is 12.9. The van der Waals surface area contributed by atoms with E-state index in [1.54, 1.807) is 6.07 Å². The number of likely N-dealkylation sites (tertiary alicyclic amines) is 1. The average Bonchev–Trinajstić information content (AvgIpc) is 2.63. The lowest BCUT2D eigenvalue weighted by Gasteiger charge is -2.28. The summed E-state index contributed by atoms with van der Waals surface area (Å²) in [5.74, 6) is 0. The maximum atomic E-state index is 12.7. The van der Waals surface area contributed by atoms with E-state index in [0.29, 0.717) is 12.6 Å². The molecule has 1 aliphatic heterocycles. The largest absolute Gasteiger partial charge is 0.416 e. The summed E-state index contributed by atoms with van der Waals surface area (Å²) in [6.45, 7) is 1.56. The lowest BCUT2D eigenvalue weighted by Crippen LogP contribution is -2.35. The van der Waals surface area contributed by atoms with Crippen LogP contribution in [0.25, 0.3) is 0 Å².